The molecule has 1 aromatic carbocycles. The molecule has 0 bridgehead atoms. The van der Waals surface area contributed by atoms with Gasteiger partial charge in [0, 0.05) is 19.0 Å². The summed E-state index contributed by atoms with van der Waals surface area (Å²) in [6, 6.07) is 8.27. The number of nitrogens with one attached hydrogen (secondary N) is 2. The van der Waals surface area contributed by atoms with Crippen molar-refractivity contribution in [3.63, 3.8) is 0 Å². The van der Waals surface area contributed by atoms with Crippen LogP contribution in [0.4, 0.5) is 0 Å². The summed E-state index contributed by atoms with van der Waals surface area (Å²) < 4.78 is 11.5. The third-order valence-corrected chi connectivity index (χ3v) is 4.14. The molecule has 6 nitrogen and oxygen atoms in total. The van der Waals surface area contributed by atoms with Gasteiger partial charge in [-0.05, 0) is 30.0 Å². The van der Waals surface area contributed by atoms with Gasteiger partial charge in [-0.3, -0.25) is 4.99 Å². The van der Waals surface area contributed by atoms with Crippen LogP contribution in [0.2, 0.25) is 0 Å². The Bertz CT molecular complexity index is 749. The minimum Gasteiger partial charge on any atom is -0.493 e. The van der Waals surface area contributed by atoms with E-state index in [1.807, 2.05) is 12.1 Å². The van der Waals surface area contributed by atoms with E-state index < -0.39 is 0 Å². The first kappa shape index (κ1) is 25.3. The van der Waals surface area contributed by atoms with E-state index in [9.17, 15) is 0 Å². The molecule has 0 saturated carbocycles. The largest absolute Gasteiger partial charge is 0.493 e. The number of nitrogens with zero attached hydrogens (tertiary/aromatic N) is 2. The SMILES string of the molecule is CN=C(NCCc1ccc(OCC(C)C)cc1)NCc1ncc(C(C)(C)C)o1.I. The van der Waals surface area contributed by atoms with E-state index in [1.54, 1.807) is 13.2 Å². The van der Waals surface area contributed by atoms with Gasteiger partial charge in [-0.2, -0.15) is 0 Å². The Kier molecular flexibility index (Phi) is 10.5. The molecule has 1 aromatic heterocycles. The maximum absolute atomic E-state index is 5.79. The number of guanidine groups is 1. The summed E-state index contributed by atoms with van der Waals surface area (Å²) in [4.78, 5) is 8.58. The topological polar surface area (TPSA) is 71.7 Å². The van der Waals surface area contributed by atoms with E-state index in [2.05, 4.69) is 67.4 Å². The van der Waals surface area contributed by atoms with Gasteiger partial charge in [0.15, 0.2) is 5.96 Å². The van der Waals surface area contributed by atoms with Crippen LogP contribution >= 0.6 is 24.0 Å². The number of oxazole rings is 1. The molecule has 0 aliphatic rings. The fourth-order valence-corrected chi connectivity index (χ4v) is 2.46. The second-order valence-electron chi connectivity index (χ2n) is 8.32. The summed E-state index contributed by atoms with van der Waals surface area (Å²) in [6.07, 6.45) is 2.69. The van der Waals surface area contributed by atoms with Crippen LogP contribution in [0.25, 0.3) is 0 Å². The minimum absolute atomic E-state index is 0. The Labute approximate surface area is 191 Å². The Balaban J connectivity index is 0.00000420. The predicted molar refractivity (Wildman–Crippen MR) is 129 cm³/mol. The first-order valence-corrected chi connectivity index (χ1v) is 9.89. The van der Waals surface area contributed by atoms with Gasteiger partial charge in [-0.15, -0.1) is 24.0 Å². The van der Waals surface area contributed by atoms with Crippen molar-refractivity contribution >= 4 is 29.9 Å². The zero-order chi connectivity index (χ0) is 20.6. The second kappa shape index (κ2) is 12.0. The molecule has 162 valence electrons. The molecule has 0 aliphatic heterocycles. The van der Waals surface area contributed by atoms with Crippen LogP contribution < -0.4 is 15.4 Å². The molecular weight excluding hydrogens is 479 g/mol. The van der Waals surface area contributed by atoms with Crippen LogP contribution in [0.15, 0.2) is 39.9 Å². The number of benzene rings is 1. The fourth-order valence-electron chi connectivity index (χ4n) is 2.46. The molecule has 2 rings (SSSR count). The Hall–Kier alpha value is -1.77. The lowest BCUT2D eigenvalue weighted by Crippen LogP contribution is -2.37. The lowest BCUT2D eigenvalue weighted by atomic mass is 9.94. The molecule has 29 heavy (non-hydrogen) atoms. The van der Waals surface area contributed by atoms with Crippen LogP contribution in [-0.4, -0.2) is 31.1 Å². The van der Waals surface area contributed by atoms with Gasteiger partial charge in [-0.1, -0.05) is 46.8 Å². The van der Waals surface area contributed by atoms with Gasteiger partial charge in [0.05, 0.1) is 19.3 Å². The lowest BCUT2D eigenvalue weighted by molar-refractivity contribution is 0.271. The highest BCUT2D eigenvalue weighted by Gasteiger charge is 2.19. The monoisotopic (exact) mass is 514 g/mol. The molecule has 0 fully saturated rings. The van der Waals surface area contributed by atoms with Crippen LogP contribution in [0.5, 0.6) is 5.75 Å². The number of hydrogen-bond acceptors (Lipinski definition) is 4. The van der Waals surface area contributed by atoms with Crippen molar-refractivity contribution in [3.05, 3.63) is 47.7 Å². The Morgan fingerprint density at radius 3 is 2.41 bits per heavy atom. The first-order valence-electron chi connectivity index (χ1n) is 9.89. The molecular formula is C22H35IN4O2. The fraction of sp³-hybridized carbons (Fsp3) is 0.545. The van der Waals surface area contributed by atoms with Crippen LogP contribution in [0.1, 0.15) is 51.8 Å². The number of rotatable bonds is 8. The molecule has 0 spiro atoms. The standard InChI is InChI=1S/C22H34N4O2.HI/c1-16(2)15-27-18-9-7-17(8-10-18)11-12-24-21(23-6)26-14-20-25-13-19(28-20)22(3,4)5;/h7-10,13,16H,11-12,14-15H2,1-6H3,(H2,23,24,26);1H. The van der Waals surface area contributed by atoms with Crippen molar-refractivity contribution in [1.82, 2.24) is 15.6 Å². The Morgan fingerprint density at radius 2 is 1.86 bits per heavy atom. The molecule has 0 unspecified atom stereocenters. The van der Waals surface area contributed by atoms with Crippen molar-refractivity contribution < 1.29 is 9.15 Å². The molecule has 0 atom stereocenters. The highest BCUT2D eigenvalue weighted by molar-refractivity contribution is 14.0. The van der Waals surface area contributed by atoms with E-state index in [1.165, 1.54) is 5.56 Å². The van der Waals surface area contributed by atoms with Crippen molar-refractivity contribution in [2.75, 3.05) is 20.2 Å². The zero-order valence-corrected chi connectivity index (χ0v) is 20.7. The van der Waals surface area contributed by atoms with Crippen molar-refractivity contribution in [2.24, 2.45) is 10.9 Å². The van der Waals surface area contributed by atoms with Crippen LogP contribution in [0.3, 0.4) is 0 Å². The number of aliphatic imine (C=N–C) groups is 1. The highest BCUT2D eigenvalue weighted by atomic mass is 127. The number of halogens is 1. The molecule has 7 heteroatoms. The molecule has 0 saturated heterocycles. The number of hydrogen-bond donors (Lipinski definition) is 2. The van der Waals surface area contributed by atoms with E-state index in [0.717, 1.165) is 37.0 Å². The number of ether oxygens (including phenoxy) is 1. The first-order chi connectivity index (χ1) is 13.3. The van der Waals surface area contributed by atoms with Gasteiger partial charge in [0.1, 0.15) is 11.5 Å². The minimum atomic E-state index is -0.0411. The smallest absolute Gasteiger partial charge is 0.213 e. The predicted octanol–water partition coefficient (Wildman–Crippen LogP) is 4.53. The van der Waals surface area contributed by atoms with E-state index in [4.69, 9.17) is 9.15 Å². The lowest BCUT2D eigenvalue weighted by Gasteiger charge is -2.13. The van der Waals surface area contributed by atoms with Crippen LogP contribution in [0, 0.1) is 5.92 Å². The average molecular weight is 514 g/mol. The molecule has 0 amide bonds. The summed E-state index contributed by atoms with van der Waals surface area (Å²) in [7, 11) is 1.76. The van der Waals surface area contributed by atoms with E-state index in [0.29, 0.717) is 18.4 Å². The number of aromatic nitrogens is 1. The van der Waals surface area contributed by atoms with Gasteiger partial charge in [-0.25, -0.2) is 4.98 Å². The zero-order valence-electron chi connectivity index (χ0n) is 18.4. The third-order valence-electron chi connectivity index (χ3n) is 4.14. The van der Waals surface area contributed by atoms with Gasteiger partial charge >= 0.3 is 0 Å². The van der Waals surface area contributed by atoms with E-state index >= 15 is 0 Å². The molecule has 2 aromatic rings. The normalized spacial score (nSPS) is 11.9. The Morgan fingerprint density at radius 1 is 1.17 bits per heavy atom. The summed E-state index contributed by atoms with van der Waals surface area (Å²) >= 11 is 0. The summed E-state index contributed by atoms with van der Waals surface area (Å²) in [6.45, 7) is 12.6. The van der Waals surface area contributed by atoms with Crippen molar-refractivity contribution in [2.45, 2.75) is 53.0 Å². The highest BCUT2D eigenvalue weighted by Crippen LogP contribution is 2.22. The molecule has 0 radical (unpaired) electrons. The third kappa shape index (κ3) is 9.06. The van der Waals surface area contributed by atoms with Gasteiger partial charge in [0.25, 0.3) is 0 Å². The van der Waals surface area contributed by atoms with E-state index in [-0.39, 0.29) is 29.4 Å². The molecule has 1 heterocycles. The second-order valence-corrected chi connectivity index (χ2v) is 8.32. The maximum atomic E-state index is 5.79. The maximum Gasteiger partial charge on any atom is 0.213 e. The van der Waals surface area contributed by atoms with Gasteiger partial charge < -0.3 is 19.8 Å². The summed E-state index contributed by atoms with van der Waals surface area (Å²) in [5.41, 5.74) is 1.21. The van der Waals surface area contributed by atoms with Crippen molar-refractivity contribution in [3.8, 4) is 5.75 Å². The quantitative estimate of drug-likeness (QED) is 0.308. The molecule has 0 aliphatic carbocycles. The van der Waals surface area contributed by atoms with Crippen LogP contribution in [-0.2, 0) is 18.4 Å². The average Bonchev–Trinajstić information content (AvgIpc) is 3.13. The summed E-state index contributed by atoms with van der Waals surface area (Å²) in [5, 5.41) is 6.55. The van der Waals surface area contributed by atoms with Crippen molar-refractivity contribution in [1.29, 1.82) is 0 Å². The molecule has 2 N–H and O–H groups in total. The van der Waals surface area contributed by atoms with Gasteiger partial charge in [0.2, 0.25) is 5.89 Å². The summed E-state index contributed by atoms with van der Waals surface area (Å²) in [5.74, 6) is 3.72.